The number of hydrogen-bond donors (Lipinski definition) is 2. The lowest BCUT2D eigenvalue weighted by molar-refractivity contribution is 0.0697. The van der Waals surface area contributed by atoms with E-state index in [2.05, 4.69) is 24.1 Å². The molecular formula is C14H20N2O2. The van der Waals surface area contributed by atoms with Crippen LogP contribution in [-0.4, -0.2) is 36.8 Å². The molecule has 0 amide bonds. The van der Waals surface area contributed by atoms with Crippen molar-refractivity contribution in [1.29, 1.82) is 0 Å². The third-order valence-electron chi connectivity index (χ3n) is 3.49. The summed E-state index contributed by atoms with van der Waals surface area (Å²) in [5.41, 5.74) is 1.22. The monoisotopic (exact) mass is 248 g/mol. The molecular weight excluding hydrogens is 228 g/mol. The first-order valence-electron chi connectivity index (χ1n) is 6.40. The summed E-state index contributed by atoms with van der Waals surface area (Å²) in [6, 6.07) is 7.65. The molecule has 0 radical (unpaired) electrons. The van der Waals surface area contributed by atoms with Gasteiger partial charge in [-0.2, -0.15) is 0 Å². The van der Waals surface area contributed by atoms with Crippen LogP contribution in [0.5, 0.6) is 0 Å². The number of carboxylic acid groups (broad SMARTS) is 1. The predicted octanol–water partition coefficient (Wildman–Crippen LogP) is 1.82. The molecule has 1 aromatic rings. The number of nitrogens with one attached hydrogen (secondary N) is 1. The Kier molecular flexibility index (Phi) is 3.87. The van der Waals surface area contributed by atoms with Crippen molar-refractivity contribution < 1.29 is 9.90 Å². The minimum Gasteiger partial charge on any atom is -0.478 e. The Morgan fingerprint density at radius 2 is 2.17 bits per heavy atom. The Morgan fingerprint density at radius 1 is 1.44 bits per heavy atom. The van der Waals surface area contributed by atoms with Crippen LogP contribution >= 0.6 is 0 Å². The molecule has 0 aromatic heterocycles. The number of benzene rings is 1. The van der Waals surface area contributed by atoms with Crippen LogP contribution in [-0.2, 0) is 0 Å². The molecule has 0 aliphatic carbocycles. The van der Waals surface area contributed by atoms with Gasteiger partial charge in [-0.25, -0.2) is 4.79 Å². The van der Waals surface area contributed by atoms with Crippen LogP contribution in [0, 0.1) is 5.92 Å². The summed E-state index contributed by atoms with van der Waals surface area (Å²) < 4.78 is 0. The summed E-state index contributed by atoms with van der Waals surface area (Å²) in [4.78, 5) is 13.4. The number of para-hydroxylation sites is 1. The van der Waals surface area contributed by atoms with E-state index >= 15 is 0 Å². The predicted molar refractivity (Wildman–Crippen MR) is 72.2 cm³/mol. The molecule has 0 bridgehead atoms. The number of hydrogen-bond acceptors (Lipinski definition) is 3. The molecule has 1 aliphatic heterocycles. The second kappa shape index (κ2) is 5.40. The van der Waals surface area contributed by atoms with Crippen molar-refractivity contribution in [1.82, 2.24) is 5.32 Å². The molecule has 18 heavy (non-hydrogen) atoms. The van der Waals surface area contributed by atoms with Crippen molar-refractivity contribution >= 4 is 11.7 Å². The summed E-state index contributed by atoms with van der Waals surface area (Å²) in [5.74, 6) is -0.310. The average Bonchev–Trinajstić information content (AvgIpc) is 2.39. The molecule has 1 heterocycles. The minimum atomic E-state index is -0.856. The maximum absolute atomic E-state index is 11.2. The highest BCUT2D eigenvalue weighted by Gasteiger charge is 2.24. The molecule has 2 N–H and O–H groups in total. The highest BCUT2D eigenvalue weighted by Crippen LogP contribution is 2.22. The molecule has 1 aliphatic rings. The van der Waals surface area contributed by atoms with Crippen LogP contribution < -0.4 is 10.2 Å². The molecule has 0 unspecified atom stereocenters. The van der Waals surface area contributed by atoms with Crippen LogP contribution in [0.2, 0.25) is 0 Å². The van der Waals surface area contributed by atoms with Crippen molar-refractivity contribution in [2.24, 2.45) is 5.92 Å². The van der Waals surface area contributed by atoms with E-state index in [1.807, 2.05) is 12.1 Å². The molecule has 2 rings (SSSR count). The van der Waals surface area contributed by atoms with Gasteiger partial charge in [-0.15, -0.1) is 0 Å². The highest BCUT2D eigenvalue weighted by atomic mass is 16.4. The number of nitrogens with zero attached hydrogens (tertiary/aromatic N) is 1. The van der Waals surface area contributed by atoms with Crippen LogP contribution in [0.4, 0.5) is 5.69 Å². The van der Waals surface area contributed by atoms with Gasteiger partial charge in [0.05, 0.1) is 11.3 Å². The van der Waals surface area contributed by atoms with Crippen LogP contribution in [0.25, 0.3) is 0 Å². The highest BCUT2D eigenvalue weighted by molar-refractivity contribution is 5.94. The topological polar surface area (TPSA) is 52.6 Å². The van der Waals surface area contributed by atoms with E-state index in [9.17, 15) is 9.90 Å². The number of rotatable bonds is 3. The fraction of sp³-hybridized carbons (Fsp3) is 0.500. The zero-order chi connectivity index (χ0) is 13.1. The SMILES string of the molecule is CC(C)[C@H]1CN(c2ccccc2C(=O)O)CCN1. The molecule has 0 spiro atoms. The van der Waals surface area contributed by atoms with Crippen molar-refractivity contribution in [3.63, 3.8) is 0 Å². The van der Waals surface area contributed by atoms with E-state index in [-0.39, 0.29) is 0 Å². The lowest BCUT2D eigenvalue weighted by Gasteiger charge is -2.37. The van der Waals surface area contributed by atoms with Crippen molar-refractivity contribution in [3.8, 4) is 0 Å². The van der Waals surface area contributed by atoms with E-state index in [0.29, 0.717) is 17.5 Å². The smallest absolute Gasteiger partial charge is 0.337 e. The van der Waals surface area contributed by atoms with Gasteiger partial charge >= 0.3 is 5.97 Å². The number of piperazine rings is 1. The van der Waals surface area contributed by atoms with Gasteiger partial charge < -0.3 is 15.3 Å². The van der Waals surface area contributed by atoms with Crippen molar-refractivity contribution in [2.45, 2.75) is 19.9 Å². The summed E-state index contributed by atoms with van der Waals surface area (Å²) in [6.45, 7) is 6.99. The second-order valence-electron chi connectivity index (χ2n) is 5.07. The first-order valence-corrected chi connectivity index (χ1v) is 6.40. The molecule has 1 fully saturated rings. The lowest BCUT2D eigenvalue weighted by Crippen LogP contribution is -2.53. The van der Waals surface area contributed by atoms with Gasteiger partial charge in [0.1, 0.15) is 0 Å². The number of carboxylic acids is 1. The summed E-state index contributed by atoms with van der Waals surface area (Å²) in [5, 5.41) is 12.7. The third kappa shape index (κ3) is 2.64. The van der Waals surface area contributed by atoms with Gasteiger partial charge in [-0.3, -0.25) is 0 Å². The van der Waals surface area contributed by atoms with Gasteiger partial charge in [0.25, 0.3) is 0 Å². The van der Waals surface area contributed by atoms with Crippen LogP contribution in [0.1, 0.15) is 24.2 Å². The summed E-state index contributed by atoms with van der Waals surface area (Å²) in [7, 11) is 0. The van der Waals surface area contributed by atoms with Crippen molar-refractivity contribution in [3.05, 3.63) is 29.8 Å². The minimum absolute atomic E-state index is 0.391. The molecule has 4 nitrogen and oxygen atoms in total. The molecule has 98 valence electrons. The fourth-order valence-electron chi connectivity index (χ4n) is 2.37. The van der Waals surface area contributed by atoms with Gasteiger partial charge in [0, 0.05) is 25.7 Å². The van der Waals surface area contributed by atoms with Gasteiger partial charge in [-0.05, 0) is 18.1 Å². The average molecular weight is 248 g/mol. The van der Waals surface area contributed by atoms with Gasteiger partial charge in [-0.1, -0.05) is 26.0 Å². The number of aromatic carboxylic acids is 1. The van der Waals surface area contributed by atoms with E-state index < -0.39 is 5.97 Å². The number of carbonyl (C=O) groups is 1. The molecule has 4 heteroatoms. The normalized spacial score (nSPS) is 20.2. The maximum atomic E-state index is 11.2. The zero-order valence-corrected chi connectivity index (χ0v) is 10.9. The van der Waals surface area contributed by atoms with Gasteiger partial charge in [0.15, 0.2) is 0 Å². The van der Waals surface area contributed by atoms with Gasteiger partial charge in [0.2, 0.25) is 0 Å². The Bertz CT molecular complexity index is 432. The first-order chi connectivity index (χ1) is 8.59. The molecule has 1 atom stereocenters. The van der Waals surface area contributed by atoms with Crippen LogP contribution in [0.15, 0.2) is 24.3 Å². The largest absolute Gasteiger partial charge is 0.478 e. The Morgan fingerprint density at radius 3 is 2.83 bits per heavy atom. The number of anilines is 1. The molecule has 1 saturated heterocycles. The van der Waals surface area contributed by atoms with E-state index in [1.54, 1.807) is 12.1 Å². The zero-order valence-electron chi connectivity index (χ0n) is 10.9. The van der Waals surface area contributed by atoms with E-state index in [4.69, 9.17) is 0 Å². The summed E-state index contributed by atoms with van der Waals surface area (Å²) >= 11 is 0. The second-order valence-corrected chi connectivity index (χ2v) is 5.07. The Hall–Kier alpha value is -1.55. The lowest BCUT2D eigenvalue weighted by atomic mass is 10.0. The molecule has 1 aromatic carbocycles. The van der Waals surface area contributed by atoms with Crippen molar-refractivity contribution in [2.75, 3.05) is 24.5 Å². The summed E-state index contributed by atoms with van der Waals surface area (Å²) in [6.07, 6.45) is 0. The molecule has 0 saturated carbocycles. The Labute approximate surface area is 108 Å². The van der Waals surface area contributed by atoms with E-state index in [1.165, 1.54) is 0 Å². The van der Waals surface area contributed by atoms with Crippen LogP contribution in [0.3, 0.4) is 0 Å². The standard InChI is InChI=1S/C14H20N2O2/c1-10(2)12-9-16(8-7-15-12)13-6-4-3-5-11(13)14(17)18/h3-6,10,12,15H,7-9H2,1-2H3,(H,17,18)/t12-/m1/s1. The first kappa shape index (κ1) is 12.9. The third-order valence-corrected chi connectivity index (χ3v) is 3.49. The van der Waals surface area contributed by atoms with E-state index in [0.717, 1.165) is 25.3 Å². The maximum Gasteiger partial charge on any atom is 0.337 e. The quantitative estimate of drug-likeness (QED) is 0.856. The Balaban J connectivity index is 2.23. The fourth-order valence-corrected chi connectivity index (χ4v) is 2.37.